The average molecular weight is 259 g/mol. The van der Waals surface area contributed by atoms with Gasteiger partial charge in [-0.25, -0.2) is 0 Å². The first kappa shape index (κ1) is 6.90. The molecule has 0 aliphatic carbocycles. The van der Waals surface area contributed by atoms with Crippen LogP contribution in [-0.4, -0.2) is 10.2 Å². The van der Waals surface area contributed by atoms with Gasteiger partial charge in [0.25, 0.3) is 0 Å². The Labute approximate surface area is 77.1 Å². The Bertz CT molecular complexity index is 393. The van der Waals surface area contributed by atoms with E-state index >= 15 is 0 Å². The van der Waals surface area contributed by atoms with Gasteiger partial charge in [0.1, 0.15) is 0 Å². The third-order valence-corrected chi connectivity index (χ3v) is 2.18. The van der Waals surface area contributed by atoms with Crippen molar-refractivity contribution in [2.24, 2.45) is 0 Å². The lowest BCUT2D eigenvalue weighted by molar-refractivity contribution is 1.12. The Balaban J connectivity index is 2.91. The van der Waals surface area contributed by atoms with Crippen LogP contribution in [0.1, 0.15) is 0 Å². The number of nitrogens with zero attached hydrogens (tertiary/aromatic N) is 1. The summed E-state index contributed by atoms with van der Waals surface area (Å²) in [7, 11) is 0. The molecule has 0 atom stereocenters. The molecule has 0 fully saturated rings. The van der Waals surface area contributed by atoms with Gasteiger partial charge in [-0.2, -0.15) is 5.10 Å². The Hall–Kier alpha value is -0.780. The van der Waals surface area contributed by atoms with E-state index < -0.39 is 0 Å². The molecule has 0 aliphatic heterocycles. The molecule has 1 aromatic carbocycles. The van der Waals surface area contributed by atoms with Gasteiger partial charge in [0.15, 0.2) is 0 Å². The first-order valence-corrected chi connectivity index (χ1v) is 4.23. The zero-order chi connectivity index (χ0) is 7.84. The number of hydrogen-bond donors (Lipinski definition) is 2. The van der Waals surface area contributed by atoms with Crippen molar-refractivity contribution in [3.8, 4) is 0 Å². The Morgan fingerprint density at radius 1 is 1.45 bits per heavy atom. The van der Waals surface area contributed by atoms with Gasteiger partial charge in [-0.15, -0.1) is 0 Å². The van der Waals surface area contributed by atoms with E-state index in [1.54, 1.807) is 6.20 Å². The van der Waals surface area contributed by atoms with Gasteiger partial charge < -0.3 is 5.73 Å². The second-order valence-corrected chi connectivity index (χ2v) is 3.57. The molecule has 11 heavy (non-hydrogen) atoms. The molecule has 0 bridgehead atoms. The highest BCUT2D eigenvalue weighted by Crippen LogP contribution is 2.21. The second kappa shape index (κ2) is 2.37. The molecule has 4 heteroatoms. The fourth-order valence-electron chi connectivity index (χ4n) is 1.04. The summed E-state index contributed by atoms with van der Waals surface area (Å²) in [4.78, 5) is 0. The molecule has 1 heterocycles. The summed E-state index contributed by atoms with van der Waals surface area (Å²) in [5, 5.41) is 7.75. The maximum atomic E-state index is 5.74. The molecule has 0 aliphatic rings. The van der Waals surface area contributed by atoms with Crippen molar-refractivity contribution < 1.29 is 0 Å². The lowest BCUT2D eigenvalue weighted by Crippen LogP contribution is -1.85. The molecular weight excluding hydrogens is 253 g/mol. The van der Waals surface area contributed by atoms with Gasteiger partial charge >= 0.3 is 0 Å². The van der Waals surface area contributed by atoms with Gasteiger partial charge in [0, 0.05) is 14.6 Å². The van der Waals surface area contributed by atoms with E-state index in [0.717, 1.165) is 20.2 Å². The molecule has 3 N–H and O–H groups in total. The summed E-state index contributed by atoms with van der Waals surface area (Å²) >= 11 is 2.22. The smallest absolute Gasteiger partial charge is 0.0681 e. The number of nitrogen functional groups attached to an aromatic ring is 1. The maximum Gasteiger partial charge on any atom is 0.0681 e. The van der Waals surface area contributed by atoms with Crippen LogP contribution in [0.2, 0.25) is 0 Å². The van der Waals surface area contributed by atoms with E-state index in [9.17, 15) is 0 Å². The number of aromatic amines is 1. The van der Waals surface area contributed by atoms with Crippen molar-refractivity contribution in [3.05, 3.63) is 21.9 Å². The maximum absolute atomic E-state index is 5.74. The first-order valence-electron chi connectivity index (χ1n) is 3.15. The number of hydrogen-bond acceptors (Lipinski definition) is 2. The summed E-state index contributed by atoms with van der Waals surface area (Å²) in [6.45, 7) is 0. The van der Waals surface area contributed by atoms with Gasteiger partial charge in [0.2, 0.25) is 0 Å². The molecule has 56 valence electrons. The fraction of sp³-hybridized carbons (Fsp3) is 0. The molecule has 0 amide bonds. The summed E-state index contributed by atoms with van der Waals surface area (Å²) in [5.41, 5.74) is 7.51. The van der Waals surface area contributed by atoms with Gasteiger partial charge in [-0.05, 0) is 34.7 Å². The van der Waals surface area contributed by atoms with Crippen molar-refractivity contribution in [1.82, 2.24) is 10.2 Å². The number of anilines is 1. The number of halogens is 1. The van der Waals surface area contributed by atoms with Gasteiger partial charge in [0.05, 0.1) is 11.7 Å². The molecule has 2 rings (SSSR count). The predicted octanol–water partition coefficient (Wildman–Crippen LogP) is 1.75. The Kier molecular flexibility index (Phi) is 1.49. The standard InChI is InChI=1S/C7H6IN3/c8-4-1-6(9)5-3-10-11-7(5)2-4/h1-3H,9H2,(H,10,11). The molecule has 1 aromatic heterocycles. The number of nitrogens with one attached hydrogen (secondary N) is 1. The van der Waals surface area contributed by atoms with Crippen molar-refractivity contribution >= 4 is 39.2 Å². The van der Waals surface area contributed by atoms with Crippen molar-refractivity contribution in [2.45, 2.75) is 0 Å². The highest BCUT2D eigenvalue weighted by Gasteiger charge is 2.00. The highest BCUT2D eigenvalue weighted by molar-refractivity contribution is 14.1. The lowest BCUT2D eigenvalue weighted by atomic mass is 10.2. The van der Waals surface area contributed by atoms with E-state index in [0.29, 0.717) is 0 Å². The van der Waals surface area contributed by atoms with E-state index in [1.807, 2.05) is 12.1 Å². The molecule has 2 aromatic rings. The molecule has 0 unspecified atom stereocenters. The predicted molar refractivity (Wildman–Crippen MR) is 53.2 cm³/mol. The average Bonchev–Trinajstić information content (AvgIpc) is 2.34. The fourth-order valence-corrected chi connectivity index (χ4v) is 1.69. The van der Waals surface area contributed by atoms with E-state index in [4.69, 9.17) is 5.73 Å². The van der Waals surface area contributed by atoms with Crippen LogP contribution < -0.4 is 5.73 Å². The number of benzene rings is 1. The number of H-pyrrole nitrogens is 1. The minimum Gasteiger partial charge on any atom is -0.398 e. The topological polar surface area (TPSA) is 54.7 Å². The number of nitrogens with two attached hydrogens (primary N) is 1. The van der Waals surface area contributed by atoms with Crippen molar-refractivity contribution in [1.29, 1.82) is 0 Å². The summed E-state index contributed by atoms with van der Waals surface area (Å²) in [6, 6.07) is 3.94. The van der Waals surface area contributed by atoms with Crippen LogP contribution in [0.5, 0.6) is 0 Å². The zero-order valence-electron chi connectivity index (χ0n) is 5.63. The molecule has 0 spiro atoms. The minimum atomic E-state index is 0.778. The SMILES string of the molecule is Nc1cc(I)cc2[nH]ncc12. The van der Waals surface area contributed by atoms with Crippen LogP contribution in [0, 0.1) is 3.57 Å². The van der Waals surface area contributed by atoms with Crippen molar-refractivity contribution in [2.75, 3.05) is 5.73 Å². The molecule has 0 saturated carbocycles. The van der Waals surface area contributed by atoms with E-state index in [-0.39, 0.29) is 0 Å². The third-order valence-electron chi connectivity index (χ3n) is 1.56. The van der Waals surface area contributed by atoms with Crippen LogP contribution in [0.15, 0.2) is 18.3 Å². The first-order chi connectivity index (χ1) is 5.27. The number of rotatable bonds is 0. The highest BCUT2D eigenvalue weighted by atomic mass is 127. The Morgan fingerprint density at radius 2 is 2.27 bits per heavy atom. The molecule has 0 saturated heterocycles. The summed E-state index contributed by atoms with van der Waals surface area (Å²) < 4.78 is 1.12. The van der Waals surface area contributed by atoms with Gasteiger partial charge in [-0.3, -0.25) is 5.10 Å². The second-order valence-electron chi connectivity index (χ2n) is 2.33. The largest absolute Gasteiger partial charge is 0.398 e. The number of fused-ring (bicyclic) bond motifs is 1. The summed E-state index contributed by atoms with van der Waals surface area (Å²) in [6.07, 6.45) is 1.74. The molecule has 3 nitrogen and oxygen atoms in total. The van der Waals surface area contributed by atoms with Crippen LogP contribution in [0.4, 0.5) is 5.69 Å². The van der Waals surface area contributed by atoms with Crippen LogP contribution in [0.25, 0.3) is 10.9 Å². The third kappa shape index (κ3) is 1.07. The number of aromatic nitrogens is 2. The van der Waals surface area contributed by atoms with E-state index in [2.05, 4.69) is 32.8 Å². The summed E-state index contributed by atoms with van der Waals surface area (Å²) in [5.74, 6) is 0. The molecule has 0 radical (unpaired) electrons. The molecular formula is C7H6IN3. The van der Waals surface area contributed by atoms with Crippen LogP contribution >= 0.6 is 22.6 Å². The van der Waals surface area contributed by atoms with Crippen LogP contribution in [-0.2, 0) is 0 Å². The zero-order valence-corrected chi connectivity index (χ0v) is 7.79. The quantitative estimate of drug-likeness (QED) is 0.559. The van der Waals surface area contributed by atoms with E-state index in [1.165, 1.54) is 0 Å². The van der Waals surface area contributed by atoms with Gasteiger partial charge in [-0.1, -0.05) is 0 Å². The minimum absolute atomic E-state index is 0.778. The van der Waals surface area contributed by atoms with Crippen molar-refractivity contribution in [3.63, 3.8) is 0 Å². The monoisotopic (exact) mass is 259 g/mol. The lowest BCUT2D eigenvalue weighted by Gasteiger charge is -1.95. The normalized spacial score (nSPS) is 10.6. The Morgan fingerprint density at radius 3 is 3.09 bits per heavy atom. The van der Waals surface area contributed by atoms with Crippen LogP contribution in [0.3, 0.4) is 0 Å².